The molecule has 1 aliphatic heterocycles. The van der Waals surface area contributed by atoms with Crippen molar-refractivity contribution >= 4 is 12.4 Å². The van der Waals surface area contributed by atoms with Crippen molar-refractivity contribution in [3.63, 3.8) is 0 Å². The summed E-state index contributed by atoms with van der Waals surface area (Å²) >= 11 is 0. The Balaban J connectivity index is 0.00000220. The van der Waals surface area contributed by atoms with Crippen LogP contribution < -0.4 is 0 Å². The first-order valence-electron chi connectivity index (χ1n) is 7.21. The number of ether oxygens (including phenoxy) is 1. The van der Waals surface area contributed by atoms with E-state index in [1.807, 2.05) is 0 Å². The van der Waals surface area contributed by atoms with Crippen molar-refractivity contribution in [1.29, 1.82) is 0 Å². The minimum atomic E-state index is -0.626. The molecule has 1 aromatic rings. The number of aliphatic hydroxyl groups is 1. The number of aromatic nitrogens is 2. The lowest BCUT2D eigenvalue weighted by Crippen LogP contribution is -2.42. The molecule has 0 unspecified atom stereocenters. The highest BCUT2D eigenvalue weighted by atomic mass is 35.5. The van der Waals surface area contributed by atoms with Gasteiger partial charge in [0, 0.05) is 26.6 Å². The second-order valence-electron chi connectivity index (χ2n) is 6.06. The maximum absolute atomic E-state index is 10.7. The molecule has 2 rings (SSSR count). The Hall–Kier alpha value is -0.690. The molecule has 0 aromatic carbocycles. The summed E-state index contributed by atoms with van der Waals surface area (Å²) < 4.78 is 10.2. The zero-order chi connectivity index (χ0) is 14.8. The lowest BCUT2D eigenvalue weighted by Gasteiger charge is -2.31. The SMILES string of the molecule is COCCc1noc(CN2C[C@@H](C)[C@](O)(C(C)C)C2)n1.Cl. The maximum Gasteiger partial charge on any atom is 0.240 e. The summed E-state index contributed by atoms with van der Waals surface area (Å²) in [4.78, 5) is 6.53. The fraction of sp³-hybridized carbons (Fsp3) is 0.857. The Bertz CT molecular complexity index is 441. The summed E-state index contributed by atoms with van der Waals surface area (Å²) in [6.45, 7) is 8.92. The zero-order valence-corrected chi connectivity index (χ0v) is 14.0. The highest BCUT2D eigenvalue weighted by molar-refractivity contribution is 5.85. The Morgan fingerprint density at radius 3 is 2.81 bits per heavy atom. The third kappa shape index (κ3) is 4.16. The van der Waals surface area contributed by atoms with E-state index in [4.69, 9.17) is 9.26 Å². The van der Waals surface area contributed by atoms with E-state index < -0.39 is 5.60 Å². The summed E-state index contributed by atoms with van der Waals surface area (Å²) in [5.74, 6) is 1.77. The highest BCUT2D eigenvalue weighted by Crippen LogP contribution is 2.34. The smallest absolute Gasteiger partial charge is 0.240 e. The van der Waals surface area contributed by atoms with Gasteiger partial charge >= 0.3 is 0 Å². The third-order valence-electron chi connectivity index (χ3n) is 4.26. The number of β-amino-alcohol motifs (C(OH)–C–C–N with tert-alkyl or cyclic N) is 1. The van der Waals surface area contributed by atoms with Crippen LogP contribution in [-0.4, -0.2) is 52.6 Å². The molecule has 21 heavy (non-hydrogen) atoms. The van der Waals surface area contributed by atoms with Gasteiger partial charge in [0.05, 0.1) is 18.8 Å². The van der Waals surface area contributed by atoms with Gasteiger partial charge in [-0.2, -0.15) is 4.98 Å². The minimum absolute atomic E-state index is 0. The van der Waals surface area contributed by atoms with E-state index >= 15 is 0 Å². The van der Waals surface area contributed by atoms with Gasteiger partial charge in [-0.1, -0.05) is 25.9 Å². The van der Waals surface area contributed by atoms with Crippen molar-refractivity contribution in [2.24, 2.45) is 11.8 Å². The molecule has 0 amide bonds. The van der Waals surface area contributed by atoms with Crippen molar-refractivity contribution in [1.82, 2.24) is 15.0 Å². The fourth-order valence-corrected chi connectivity index (χ4v) is 2.84. The lowest BCUT2D eigenvalue weighted by atomic mass is 9.82. The molecule has 122 valence electrons. The van der Waals surface area contributed by atoms with Gasteiger partial charge in [0.1, 0.15) is 0 Å². The molecule has 1 aromatic heterocycles. The molecular weight excluding hydrogens is 294 g/mol. The summed E-state index contributed by atoms with van der Waals surface area (Å²) in [5, 5.41) is 14.6. The van der Waals surface area contributed by atoms with Gasteiger partial charge in [-0.05, 0) is 11.8 Å². The molecule has 0 radical (unpaired) electrons. The fourth-order valence-electron chi connectivity index (χ4n) is 2.84. The molecular formula is C14H26ClN3O3. The largest absolute Gasteiger partial charge is 0.388 e. The summed E-state index contributed by atoms with van der Waals surface area (Å²) in [6.07, 6.45) is 0.659. The van der Waals surface area contributed by atoms with Gasteiger partial charge in [0.2, 0.25) is 5.89 Å². The maximum atomic E-state index is 10.7. The monoisotopic (exact) mass is 319 g/mol. The molecule has 2 heterocycles. The topological polar surface area (TPSA) is 71.6 Å². The van der Waals surface area contributed by atoms with E-state index in [0.29, 0.717) is 37.8 Å². The van der Waals surface area contributed by atoms with Crippen LogP contribution in [0.3, 0.4) is 0 Å². The summed E-state index contributed by atoms with van der Waals surface area (Å²) in [7, 11) is 1.65. The van der Waals surface area contributed by atoms with Crippen LogP contribution in [0.15, 0.2) is 4.52 Å². The molecule has 1 aliphatic rings. The molecule has 1 N–H and O–H groups in total. The first kappa shape index (κ1) is 18.4. The second-order valence-corrected chi connectivity index (χ2v) is 6.06. The predicted octanol–water partition coefficient (Wildman–Crippen LogP) is 1.52. The number of hydrogen-bond acceptors (Lipinski definition) is 6. The average Bonchev–Trinajstić information content (AvgIpc) is 2.94. The van der Waals surface area contributed by atoms with Gasteiger partial charge in [-0.3, -0.25) is 4.90 Å². The molecule has 0 saturated carbocycles. The summed E-state index contributed by atoms with van der Waals surface area (Å²) in [5.41, 5.74) is -0.626. The number of methoxy groups -OCH3 is 1. The molecule has 0 bridgehead atoms. The molecule has 1 saturated heterocycles. The van der Waals surface area contributed by atoms with E-state index in [9.17, 15) is 5.11 Å². The molecule has 1 fully saturated rings. The van der Waals surface area contributed by atoms with Crippen LogP contribution in [0, 0.1) is 11.8 Å². The van der Waals surface area contributed by atoms with E-state index in [-0.39, 0.29) is 24.2 Å². The van der Waals surface area contributed by atoms with Crippen molar-refractivity contribution < 1.29 is 14.4 Å². The molecule has 0 aliphatic carbocycles. The quantitative estimate of drug-likeness (QED) is 0.857. The van der Waals surface area contributed by atoms with Gasteiger partial charge < -0.3 is 14.4 Å². The first-order chi connectivity index (χ1) is 9.45. The van der Waals surface area contributed by atoms with E-state index in [1.54, 1.807) is 7.11 Å². The van der Waals surface area contributed by atoms with Crippen LogP contribution in [0.4, 0.5) is 0 Å². The van der Waals surface area contributed by atoms with Gasteiger partial charge in [-0.25, -0.2) is 0 Å². The minimum Gasteiger partial charge on any atom is -0.388 e. The standard InChI is InChI=1S/C14H25N3O3.ClH/c1-10(2)14(18)9-17(7-11(14)3)8-13-15-12(16-20-13)5-6-19-4;/h10-11,18H,5-9H2,1-4H3;1H/t11-,14-;/m1./s1. The van der Waals surface area contributed by atoms with Gasteiger partial charge in [0.25, 0.3) is 0 Å². The lowest BCUT2D eigenvalue weighted by molar-refractivity contribution is -0.0258. The molecule has 6 nitrogen and oxygen atoms in total. The zero-order valence-electron chi connectivity index (χ0n) is 13.2. The van der Waals surface area contributed by atoms with Crippen LogP contribution in [-0.2, 0) is 17.7 Å². The van der Waals surface area contributed by atoms with Gasteiger partial charge in [-0.15, -0.1) is 12.4 Å². The number of likely N-dealkylation sites (tertiary alicyclic amines) is 1. The Morgan fingerprint density at radius 1 is 1.52 bits per heavy atom. The third-order valence-corrected chi connectivity index (χ3v) is 4.26. The molecule has 2 atom stereocenters. The van der Waals surface area contributed by atoms with E-state index in [1.165, 1.54) is 0 Å². The highest BCUT2D eigenvalue weighted by Gasteiger charge is 2.44. The van der Waals surface area contributed by atoms with E-state index in [2.05, 4.69) is 35.8 Å². The number of rotatable bonds is 6. The predicted molar refractivity (Wildman–Crippen MR) is 81.4 cm³/mol. The Kier molecular flexibility index (Phi) is 6.59. The van der Waals surface area contributed by atoms with Crippen LogP contribution >= 0.6 is 12.4 Å². The van der Waals surface area contributed by atoms with Crippen LogP contribution in [0.5, 0.6) is 0 Å². The van der Waals surface area contributed by atoms with Crippen LogP contribution in [0.2, 0.25) is 0 Å². The first-order valence-corrected chi connectivity index (χ1v) is 7.21. The van der Waals surface area contributed by atoms with Crippen molar-refractivity contribution in [2.45, 2.75) is 39.3 Å². The summed E-state index contributed by atoms with van der Waals surface area (Å²) in [6, 6.07) is 0. The number of halogens is 1. The van der Waals surface area contributed by atoms with E-state index in [0.717, 1.165) is 6.54 Å². The Morgan fingerprint density at radius 2 is 2.24 bits per heavy atom. The van der Waals surface area contributed by atoms with Crippen LogP contribution in [0.25, 0.3) is 0 Å². The molecule has 0 spiro atoms. The van der Waals surface area contributed by atoms with Crippen LogP contribution in [0.1, 0.15) is 32.5 Å². The average molecular weight is 320 g/mol. The van der Waals surface area contributed by atoms with Crippen molar-refractivity contribution in [3.05, 3.63) is 11.7 Å². The molecule has 7 heteroatoms. The van der Waals surface area contributed by atoms with Gasteiger partial charge in [0.15, 0.2) is 5.82 Å². The van der Waals surface area contributed by atoms with Crippen molar-refractivity contribution in [3.8, 4) is 0 Å². The van der Waals surface area contributed by atoms with Crippen molar-refractivity contribution in [2.75, 3.05) is 26.8 Å². The second kappa shape index (κ2) is 7.54. The normalized spacial score (nSPS) is 26.3. The number of hydrogen-bond donors (Lipinski definition) is 1. The number of nitrogens with zero attached hydrogens (tertiary/aromatic N) is 3. The Labute approximate surface area is 132 Å².